The number of benzene rings is 1. The van der Waals surface area contributed by atoms with Crippen molar-refractivity contribution in [3.63, 3.8) is 0 Å². The van der Waals surface area contributed by atoms with Crippen LogP contribution in [0.2, 0.25) is 0 Å². The summed E-state index contributed by atoms with van der Waals surface area (Å²) in [4.78, 5) is 17.5. The van der Waals surface area contributed by atoms with Crippen LogP contribution < -0.4 is 5.32 Å². The number of hydrogen-bond acceptors (Lipinski definition) is 4. The topological polar surface area (TPSA) is 64.9 Å². The Morgan fingerprint density at radius 1 is 1.11 bits per heavy atom. The third kappa shape index (κ3) is 4.08. The van der Waals surface area contributed by atoms with Crippen molar-refractivity contribution in [1.29, 1.82) is 0 Å². The minimum Gasteiger partial charge on any atom is -0.354 e. The molecule has 1 amide bonds. The first kappa shape index (κ1) is 20.0. The van der Waals surface area contributed by atoms with E-state index in [0.717, 1.165) is 28.2 Å². The van der Waals surface area contributed by atoms with Gasteiger partial charge in [-0.3, -0.25) is 4.79 Å². The van der Waals surface area contributed by atoms with Crippen molar-refractivity contribution in [1.82, 2.24) is 14.7 Å². The van der Waals surface area contributed by atoms with E-state index in [2.05, 4.69) is 37.4 Å². The Labute approximate surface area is 165 Å². The van der Waals surface area contributed by atoms with Crippen LogP contribution in [0.5, 0.6) is 0 Å². The van der Waals surface area contributed by atoms with Crippen LogP contribution in [0.25, 0.3) is 16.9 Å². The number of amides is 1. The Hall–Kier alpha value is -2.70. The van der Waals surface area contributed by atoms with Crippen molar-refractivity contribution in [2.45, 2.75) is 33.5 Å². The van der Waals surface area contributed by atoms with E-state index < -0.39 is 6.29 Å². The van der Waals surface area contributed by atoms with Crippen molar-refractivity contribution in [3.05, 3.63) is 58.9 Å². The van der Waals surface area contributed by atoms with Gasteiger partial charge in [0.05, 0.1) is 24.4 Å². The predicted molar refractivity (Wildman–Crippen MR) is 109 cm³/mol. The number of ether oxygens (including phenoxy) is 2. The molecule has 0 saturated heterocycles. The molecule has 28 heavy (non-hydrogen) atoms. The summed E-state index contributed by atoms with van der Waals surface area (Å²) in [5.41, 5.74) is 7.08. The summed E-state index contributed by atoms with van der Waals surface area (Å²) in [6, 6.07) is 10.3. The van der Waals surface area contributed by atoms with Gasteiger partial charge in [-0.2, -0.15) is 0 Å². The fraction of sp³-hybridized carbons (Fsp3) is 0.364. The van der Waals surface area contributed by atoms with Gasteiger partial charge in [0, 0.05) is 26.0 Å². The first-order valence-electron chi connectivity index (χ1n) is 9.31. The molecule has 1 N–H and O–H groups in total. The highest BCUT2D eigenvalue weighted by atomic mass is 16.7. The molecular weight excluding hydrogens is 354 g/mol. The number of rotatable bonds is 7. The predicted octanol–water partition coefficient (Wildman–Crippen LogP) is 3.20. The number of aromatic nitrogens is 2. The van der Waals surface area contributed by atoms with Gasteiger partial charge in [-0.15, -0.1) is 0 Å². The molecule has 3 aromatic rings. The van der Waals surface area contributed by atoms with Crippen molar-refractivity contribution < 1.29 is 14.3 Å². The summed E-state index contributed by atoms with van der Waals surface area (Å²) in [5.74, 6) is -0.104. The van der Waals surface area contributed by atoms with Crippen molar-refractivity contribution in [3.8, 4) is 11.3 Å². The van der Waals surface area contributed by atoms with Gasteiger partial charge in [0.15, 0.2) is 6.29 Å². The number of methoxy groups -OCH3 is 2. The fourth-order valence-electron chi connectivity index (χ4n) is 3.22. The smallest absolute Gasteiger partial charge is 0.226 e. The average Bonchev–Trinajstić information content (AvgIpc) is 3.04. The van der Waals surface area contributed by atoms with Gasteiger partial charge in [-0.25, -0.2) is 4.98 Å². The molecule has 0 radical (unpaired) electrons. The third-order valence-electron chi connectivity index (χ3n) is 5.04. The number of nitrogens with zero attached hydrogens (tertiary/aromatic N) is 2. The minimum absolute atomic E-state index is 0.104. The summed E-state index contributed by atoms with van der Waals surface area (Å²) in [6.07, 6.45) is 1.70. The quantitative estimate of drug-likeness (QED) is 0.639. The maximum absolute atomic E-state index is 12.6. The minimum atomic E-state index is -0.465. The molecule has 6 nitrogen and oxygen atoms in total. The molecule has 0 spiro atoms. The zero-order valence-electron chi connectivity index (χ0n) is 17.1. The second kappa shape index (κ2) is 8.54. The summed E-state index contributed by atoms with van der Waals surface area (Å²) < 4.78 is 12.3. The number of hydrogen-bond donors (Lipinski definition) is 1. The number of aryl methyl sites for hydroxylation is 3. The fourth-order valence-corrected chi connectivity index (χ4v) is 3.22. The number of nitrogens with one attached hydrogen (secondary N) is 1. The van der Waals surface area contributed by atoms with Crippen LogP contribution >= 0.6 is 0 Å². The van der Waals surface area contributed by atoms with Crippen LogP contribution in [0.15, 0.2) is 36.5 Å². The molecule has 0 atom stereocenters. The largest absolute Gasteiger partial charge is 0.354 e. The van der Waals surface area contributed by atoms with Crippen molar-refractivity contribution in [2.75, 3.05) is 20.8 Å². The van der Waals surface area contributed by atoms with Crippen LogP contribution in [-0.2, 0) is 20.7 Å². The molecule has 3 rings (SSSR count). The molecule has 0 unspecified atom stereocenters. The SMILES string of the molecule is COC(CNC(=O)Cc1c(-c2ccc(C)c(C)c2)nc2c(C)cccn12)OC. The molecule has 6 heteroatoms. The van der Waals surface area contributed by atoms with Crippen LogP contribution in [0.1, 0.15) is 22.4 Å². The molecule has 0 aliphatic carbocycles. The van der Waals surface area contributed by atoms with E-state index in [1.54, 1.807) is 14.2 Å². The summed E-state index contributed by atoms with van der Waals surface area (Å²) in [5, 5.41) is 2.87. The first-order chi connectivity index (χ1) is 13.4. The van der Waals surface area contributed by atoms with Gasteiger partial charge in [0.25, 0.3) is 0 Å². The third-order valence-corrected chi connectivity index (χ3v) is 5.04. The number of carbonyl (C=O) groups excluding carboxylic acids is 1. The normalized spacial score (nSPS) is 11.4. The second-order valence-electron chi connectivity index (χ2n) is 6.97. The first-order valence-corrected chi connectivity index (χ1v) is 9.31. The molecular formula is C22H27N3O3. The van der Waals surface area contributed by atoms with Crippen LogP contribution in [0.4, 0.5) is 0 Å². The Bertz CT molecular complexity index is 990. The molecule has 1 aromatic carbocycles. The maximum Gasteiger partial charge on any atom is 0.226 e. The summed E-state index contributed by atoms with van der Waals surface area (Å²) in [7, 11) is 3.09. The molecule has 148 valence electrons. The maximum atomic E-state index is 12.6. The van der Waals surface area contributed by atoms with E-state index in [-0.39, 0.29) is 12.3 Å². The highest BCUT2D eigenvalue weighted by Crippen LogP contribution is 2.27. The van der Waals surface area contributed by atoms with Crippen molar-refractivity contribution >= 4 is 11.6 Å². The molecule has 0 aliphatic rings. The lowest BCUT2D eigenvalue weighted by atomic mass is 10.0. The molecule has 0 saturated carbocycles. The zero-order valence-corrected chi connectivity index (χ0v) is 17.1. The zero-order chi connectivity index (χ0) is 20.3. The molecule has 2 heterocycles. The second-order valence-corrected chi connectivity index (χ2v) is 6.97. The monoisotopic (exact) mass is 381 g/mol. The molecule has 0 aliphatic heterocycles. The molecule has 0 fully saturated rings. The van der Waals surface area contributed by atoms with Crippen LogP contribution in [-0.4, -0.2) is 42.3 Å². The van der Waals surface area contributed by atoms with E-state index in [0.29, 0.717) is 6.54 Å². The average molecular weight is 381 g/mol. The number of pyridine rings is 1. The molecule has 2 aromatic heterocycles. The highest BCUT2D eigenvalue weighted by molar-refractivity contribution is 5.82. The Balaban J connectivity index is 1.98. The van der Waals surface area contributed by atoms with Gasteiger partial charge >= 0.3 is 0 Å². The van der Waals surface area contributed by atoms with Gasteiger partial charge in [0.2, 0.25) is 5.91 Å². The lowest BCUT2D eigenvalue weighted by Crippen LogP contribution is -2.35. The Morgan fingerprint density at radius 3 is 2.54 bits per heavy atom. The molecule has 0 bridgehead atoms. The standard InChI is InChI=1S/C22H27N3O3/c1-14-8-9-17(11-16(14)3)21-18(12-19(26)23-13-20(27-4)28-5)25-10-6-7-15(2)22(25)24-21/h6-11,20H,12-13H2,1-5H3,(H,23,26). The summed E-state index contributed by atoms with van der Waals surface area (Å²) in [6.45, 7) is 6.49. The van der Waals surface area contributed by atoms with E-state index in [1.165, 1.54) is 11.1 Å². The van der Waals surface area contributed by atoms with Crippen LogP contribution in [0.3, 0.4) is 0 Å². The van der Waals surface area contributed by atoms with Crippen LogP contribution in [0, 0.1) is 20.8 Å². The highest BCUT2D eigenvalue weighted by Gasteiger charge is 2.19. The van der Waals surface area contributed by atoms with Gasteiger partial charge < -0.3 is 19.2 Å². The van der Waals surface area contributed by atoms with Gasteiger partial charge in [-0.05, 0) is 49.6 Å². The van der Waals surface area contributed by atoms with E-state index >= 15 is 0 Å². The van der Waals surface area contributed by atoms with Gasteiger partial charge in [0.1, 0.15) is 5.65 Å². The summed E-state index contributed by atoms with van der Waals surface area (Å²) >= 11 is 0. The van der Waals surface area contributed by atoms with Crippen molar-refractivity contribution in [2.24, 2.45) is 0 Å². The lowest BCUT2D eigenvalue weighted by Gasteiger charge is -2.14. The van der Waals surface area contributed by atoms with E-state index in [9.17, 15) is 4.79 Å². The number of imidazole rings is 1. The van der Waals surface area contributed by atoms with Gasteiger partial charge in [-0.1, -0.05) is 18.2 Å². The number of carbonyl (C=O) groups is 1. The Morgan fingerprint density at radius 2 is 1.86 bits per heavy atom. The Kier molecular flexibility index (Phi) is 6.11. The van der Waals surface area contributed by atoms with E-state index in [1.807, 2.05) is 29.7 Å². The number of fused-ring (bicyclic) bond motifs is 1. The van der Waals surface area contributed by atoms with E-state index in [4.69, 9.17) is 14.5 Å². The lowest BCUT2D eigenvalue weighted by molar-refractivity contribution is -0.126.